The van der Waals surface area contributed by atoms with Gasteiger partial charge >= 0.3 is 6.61 Å². The molecule has 1 fully saturated rings. The van der Waals surface area contributed by atoms with E-state index in [2.05, 4.69) is 35.7 Å². The molecular weight excluding hydrogens is 274 g/mol. The maximum absolute atomic E-state index is 12.2. The Morgan fingerprint density at radius 2 is 1.90 bits per heavy atom. The van der Waals surface area contributed by atoms with Gasteiger partial charge < -0.3 is 10.1 Å². The first-order valence-electron chi connectivity index (χ1n) is 7.49. The number of hydrogen-bond donors (Lipinski definition) is 1. The number of ether oxygens (including phenoxy) is 1. The number of rotatable bonds is 5. The molecule has 0 spiro atoms. The zero-order chi connectivity index (χ0) is 15.4. The molecule has 0 amide bonds. The van der Waals surface area contributed by atoms with Gasteiger partial charge in [-0.1, -0.05) is 26.0 Å². The number of halogens is 2. The lowest BCUT2D eigenvalue weighted by molar-refractivity contribution is -0.0498. The molecule has 0 bridgehead atoms. The average Bonchev–Trinajstić information content (AvgIpc) is 2.40. The Morgan fingerprint density at radius 1 is 1.24 bits per heavy atom. The molecule has 2 unspecified atom stereocenters. The molecule has 1 saturated heterocycles. The van der Waals surface area contributed by atoms with Gasteiger partial charge in [0.2, 0.25) is 0 Å². The quantitative estimate of drug-likeness (QED) is 0.903. The van der Waals surface area contributed by atoms with Gasteiger partial charge in [0.15, 0.2) is 0 Å². The standard InChI is InChI=1S/C16H24F2N2O/c1-11(2)15(20-9-8-19-12(3)10-20)13-4-6-14(7-5-13)21-16(17)18/h4-7,11-12,15-16,19H,8-10H2,1-3H3. The molecule has 1 N–H and O–H groups in total. The molecule has 0 aliphatic carbocycles. The Morgan fingerprint density at radius 3 is 2.43 bits per heavy atom. The van der Waals surface area contributed by atoms with Crippen molar-refractivity contribution < 1.29 is 13.5 Å². The average molecular weight is 298 g/mol. The number of nitrogens with one attached hydrogen (secondary N) is 1. The highest BCUT2D eigenvalue weighted by Gasteiger charge is 2.27. The fourth-order valence-corrected chi connectivity index (χ4v) is 3.08. The summed E-state index contributed by atoms with van der Waals surface area (Å²) in [6, 6.07) is 7.83. The largest absolute Gasteiger partial charge is 0.435 e. The van der Waals surface area contributed by atoms with Crippen molar-refractivity contribution in [2.24, 2.45) is 5.92 Å². The first kappa shape index (κ1) is 16.2. The van der Waals surface area contributed by atoms with Gasteiger partial charge in [-0.05, 0) is 30.5 Å². The zero-order valence-electron chi connectivity index (χ0n) is 12.9. The molecule has 1 aliphatic rings. The van der Waals surface area contributed by atoms with Crippen molar-refractivity contribution in [1.82, 2.24) is 10.2 Å². The van der Waals surface area contributed by atoms with E-state index in [1.807, 2.05) is 12.1 Å². The van der Waals surface area contributed by atoms with E-state index in [1.165, 1.54) is 0 Å². The predicted octanol–water partition coefficient (Wildman–Crippen LogP) is 3.28. The van der Waals surface area contributed by atoms with E-state index in [0.717, 1.165) is 25.2 Å². The third-order valence-corrected chi connectivity index (χ3v) is 3.87. The Balaban J connectivity index is 2.14. The van der Waals surface area contributed by atoms with Gasteiger partial charge in [0, 0.05) is 31.7 Å². The third kappa shape index (κ3) is 4.38. The summed E-state index contributed by atoms with van der Waals surface area (Å²) in [6.45, 7) is 6.79. The van der Waals surface area contributed by atoms with Gasteiger partial charge in [-0.3, -0.25) is 4.90 Å². The minimum absolute atomic E-state index is 0.213. The molecule has 2 atom stereocenters. The van der Waals surface area contributed by atoms with Gasteiger partial charge in [-0.2, -0.15) is 8.78 Å². The summed E-state index contributed by atoms with van der Waals surface area (Å²) in [5, 5.41) is 3.44. The molecule has 2 rings (SSSR count). The summed E-state index contributed by atoms with van der Waals surface area (Å²) in [4.78, 5) is 2.47. The topological polar surface area (TPSA) is 24.5 Å². The molecule has 3 nitrogen and oxygen atoms in total. The molecule has 0 saturated carbocycles. The van der Waals surface area contributed by atoms with Crippen LogP contribution in [-0.4, -0.2) is 37.2 Å². The summed E-state index contributed by atoms with van der Waals surface area (Å²) in [5.41, 5.74) is 1.15. The van der Waals surface area contributed by atoms with E-state index >= 15 is 0 Å². The fourth-order valence-electron chi connectivity index (χ4n) is 3.08. The second kappa shape index (κ2) is 7.18. The summed E-state index contributed by atoms with van der Waals surface area (Å²) >= 11 is 0. The van der Waals surface area contributed by atoms with Crippen LogP contribution in [0.25, 0.3) is 0 Å². The van der Waals surface area contributed by atoms with Crippen LogP contribution in [0.1, 0.15) is 32.4 Å². The first-order chi connectivity index (χ1) is 9.97. The van der Waals surface area contributed by atoms with Crippen molar-refractivity contribution in [2.75, 3.05) is 19.6 Å². The van der Waals surface area contributed by atoms with Crippen LogP contribution >= 0.6 is 0 Å². The Labute approximate surface area is 125 Å². The molecule has 1 aromatic carbocycles. The molecule has 118 valence electrons. The molecule has 0 radical (unpaired) electrons. The molecule has 5 heteroatoms. The van der Waals surface area contributed by atoms with Crippen LogP contribution in [0.3, 0.4) is 0 Å². The van der Waals surface area contributed by atoms with Gasteiger partial charge in [-0.15, -0.1) is 0 Å². The number of nitrogens with zero attached hydrogens (tertiary/aromatic N) is 1. The van der Waals surface area contributed by atoms with E-state index in [0.29, 0.717) is 18.0 Å². The van der Waals surface area contributed by atoms with Crippen LogP contribution in [0, 0.1) is 5.92 Å². The van der Waals surface area contributed by atoms with Crippen molar-refractivity contribution in [3.63, 3.8) is 0 Å². The fraction of sp³-hybridized carbons (Fsp3) is 0.625. The van der Waals surface area contributed by atoms with E-state index in [-0.39, 0.29) is 5.75 Å². The summed E-state index contributed by atoms with van der Waals surface area (Å²) in [5.74, 6) is 0.669. The number of piperazine rings is 1. The summed E-state index contributed by atoms with van der Waals surface area (Å²) in [6.07, 6.45) is 0. The molecule has 1 aliphatic heterocycles. The summed E-state index contributed by atoms with van der Waals surface area (Å²) in [7, 11) is 0. The second-order valence-electron chi connectivity index (χ2n) is 5.99. The van der Waals surface area contributed by atoms with Crippen LogP contribution in [0.5, 0.6) is 5.75 Å². The lowest BCUT2D eigenvalue weighted by Gasteiger charge is -2.40. The van der Waals surface area contributed by atoms with Crippen LogP contribution < -0.4 is 10.1 Å². The predicted molar refractivity (Wildman–Crippen MR) is 79.7 cm³/mol. The van der Waals surface area contributed by atoms with Crippen molar-refractivity contribution in [2.45, 2.75) is 39.5 Å². The van der Waals surface area contributed by atoms with Crippen LogP contribution in [0.2, 0.25) is 0 Å². The summed E-state index contributed by atoms with van der Waals surface area (Å²) < 4.78 is 28.8. The lowest BCUT2D eigenvalue weighted by atomic mass is 9.93. The second-order valence-corrected chi connectivity index (χ2v) is 5.99. The van der Waals surface area contributed by atoms with Gasteiger partial charge in [-0.25, -0.2) is 0 Å². The Hall–Kier alpha value is -1.20. The van der Waals surface area contributed by atoms with Crippen molar-refractivity contribution in [3.05, 3.63) is 29.8 Å². The molecule has 1 aromatic rings. The normalized spacial score (nSPS) is 21.8. The van der Waals surface area contributed by atoms with Crippen LogP contribution in [-0.2, 0) is 0 Å². The zero-order valence-corrected chi connectivity index (χ0v) is 12.9. The Bertz CT molecular complexity index is 436. The monoisotopic (exact) mass is 298 g/mol. The van der Waals surface area contributed by atoms with Gasteiger partial charge in [0.25, 0.3) is 0 Å². The first-order valence-corrected chi connectivity index (χ1v) is 7.49. The van der Waals surface area contributed by atoms with Crippen LogP contribution in [0.4, 0.5) is 8.78 Å². The van der Waals surface area contributed by atoms with E-state index in [4.69, 9.17) is 0 Å². The third-order valence-electron chi connectivity index (χ3n) is 3.87. The van der Waals surface area contributed by atoms with Gasteiger partial charge in [0.05, 0.1) is 0 Å². The highest BCUT2D eigenvalue weighted by atomic mass is 19.3. The number of alkyl halides is 2. The SMILES string of the molecule is CC1CN(C(c2ccc(OC(F)F)cc2)C(C)C)CCN1. The Kier molecular flexibility index (Phi) is 5.53. The molecule has 0 aromatic heterocycles. The minimum Gasteiger partial charge on any atom is -0.435 e. The van der Waals surface area contributed by atoms with Crippen molar-refractivity contribution in [1.29, 1.82) is 0 Å². The highest BCUT2D eigenvalue weighted by molar-refractivity contribution is 5.29. The smallest absolute Gasteiger partial charge is 0.387 e. The highest BCUT2D eigenvalue weighted by Crippen LogP contribution is 2.30. The maximum Gasteiger partial charge on any atom is 0.387 e. The maximum atomic E-state index is 12.2. The van der Waals surface area contributed by atoms with Gasteiger partial charge in [0.1, 0.15) is 5.75 Å². The van der Waals surface area contributed by atoms with Crippen LogP contribution in [0.15, 0.2) is 24.3 Å². The lowest BCUT2D eigenvalue weighted by Crippen LogP contribution is -2.51. The van der Waals surface area contributed by atoms with Crippen molar-refractivity contribution in [3.8, 4) is 5.75 Å². The molecule has 21 heavy (non-hydrogen) atoms. The number of hydrogen-bond acceptors (Lipinski definition) is 3. The van der Waals surface area contributed by atoms with Crippen molar-refractivity contribution >= 4 is 0 Å². The molecule has 1 heterocycles. The molecular formula is C16H24F2N2O. The van der Waals surface area contributed by atoms with E-state index < -0.39 is 6.61 Å². The van der Waals surface area contributed by atoms with E-state index in [9.17, 15) is 8.78 Å². The minimum atomic E-state index is -2.77. The number of benzene rings is 1. The van der Waals surface area contributed by atoms with E-state index in [1.54, 1.807) is 12.1 Å².